The van der Waals surface area contributed by atoms with E-state index in [9.17, 15) is 0 Å². The molecular weight excluding hydrogens is 228 g/mol. The number of rotatable bonds is 3. The van der Waals surface area contributed by atoms with Crippen LogP contribution in [0.2, 0.25) is 0 Å². The fraction of sp³-hybridized carbons (Fsp3) is 0.846. The number of likely N-dealkylation sites (tertiary alicyclic amines) is 1. The van der Waals surface area contributed by atoms with E-state index in [2.05, 4.69) is 40.4 Å². The minimum Gasteiger partial charge on any atom is -0.377 e. The van der Waals surface area contributed by atoms with Crippen LogP contribution in [0.5, 0.6) is 0 Å². The fourth-order valence-corrected chi connectivity index (χ4v) is 2.62. The van der Waals surface area contributed by atoms with E-state index in [1.165, 1.54) is 0 Å². The summed E-state index contributed by atoms with van der Waals surface area (Å²) in [6, 6.07) is 0.517. The molecule has 1 aliphatic rings. The smallest absolute Gasteiger partial charge is 0.159 e. The van der Waals surface area contributed by atoms with Crippen LogP contribution >= 0.6 is 0 Å². The van der Waals surface area contributed by atoms with Crippen LogP contribution in [0.15, 0.2) is 6.33 Å². The molecule has 2 heterocycles. The van der Waals surface area contributed by atoms with Crippen LogP contribution in [0, 0.1) is 0 Å². The molecule has 0 aromatic carbocycles. The van der Waals surface area contributed by atoms with Crippen molar-refractivity contribution >= 4 is 0 Å². The van der Waals surface area contributed by atoms with Crippen LogP contribution in [0.3, 0.4) is 0 Å². The van der Waals surface area contributed by atoms with Gasteiger partial charge in [-0.25, -0.2) is 0 Å². The normalized spacial score (nSPS) is 19.3. The Bertz CT molecular complexity index is 375. The Morgan fingerprint density at radius 1 is 1.33 bits per heavy atom. The van der Waals surface area contributed by atoms with Crippen molar-refractivity contribution in [2.75, 3.05) is 20.2 Å². The summed E-state index contributed by atoms with van der Waals surface area (Å²) >= 11 is 0. The molecule has 102 valence electrons. The van der Waals surface area contributed by atoms with Gasteiger partial charge in [0.15, 0.2) is 5.82 Å². The van der Waals surface area contributed by atoms with Crippen molar-refractivity contribution in [1.29, 1.82) is 0 Å². The molecule has 1 aromatic rings. The lowest BCUT2D eigenvalue weighted by molar-refractivity contribution is 0.0868. The molecule has 0 spiro atoms. The molecule has 0 saturated carbocycles. The number of ether oxygens (including phenoxy) is 1. The SMILES string of the molecule is COCc1nncn1C1CCN(C(C)(C)C)CC1. The lowest BCUT2D eigenvalue weighted by atomic mass is 9.98. The molecule has 0 aliphatic carbocycles. The van der Waals surface area contributed by atoms with Crippen molar-refractivity contribution in [3.05, 3.63) is 12.2 Å². The minimum atomic E-state index is 0.271. The number of hydrogen-bond donors (Lipinski definition) is 0. The third-order valence-electron chi connectivity index (χ3n) is 3.73. The van der Waals surface area contributed by atoms with Gasteiger partial charge in [0.1, 0.15) is 12.9 Å². The zero-order valence-electron chi connectivity index (χ0n) is 11.9. The molecule has 2 rings (SSSR count). The van der Waals surface area contributed by atoms with Crippen molar-refractivity contribution in [3.63, 3.8) is 0 Å². The topological polar surface area (TPSA) is 43.2 Å². The van der Waals surface area contributed by atoms with E-state index in [-0.39, 0.29) is 5.54 Å². The lowest BCUT2D eigenvalue weighted by Crippen LogP contribution is -2.46. The highest BCUT2D eigenvalue weighted by atomic mass is 16.5. The first-order valence-corrected chi connectivity index (χ1v) is 6.64. The van der Waals surface area contributed by atoms with E-state index in [0.29, 0.717) is 12.6 Å². The third kappa shape index (κ3) is 2.90. The standard InChI is InChI=1S/C13H24N4O/c1-13(2,3)16-7-5-11(6-8-16)17-10-14-15-12(17)9-18-4/h10-11H,5-9H2,1-4H3. The molecule has 5 heteroatoms. The summed E-state index contributed by atoms with van der Waals surface area (Å²) in [4.78, 5) is 2.55. The quantitative estimate of drug-likeness (QED) is 0.823. The maximum absolute atomic E-state index is 5.16. The fourth-order valence-electron chi connectivity index (χ4n) is 2.62. The number of aromatic nitrogens is 3. The van der Waals surface area contributed by atoms with Crippen molar-refractivity contribution in [2.45, 2.75) is 51.8 Å². The Morgan fingerprint density at radius 3 is 2.56 bits per heavy atom. The van der Waals surface area contributed by atoms with Crippen molar-refractivity contribution in [2.24, 2.45) is 0 Å². The Balaban J connectivity index is 1.99. The molecule has 0 N–H and O–H groups in total. The predicted octanol–water partition coefficient (Wildman–Crippen LogP) is 1.86. The molecule has 0 unspecified atom stereocenters. The van der Waals surface area contributed by atoms with Crippen molar-refractivity contribution in [1.82, 2.24) is 19.7 Å². The summed E-state index contributed by atoms with van der Waals surface area (Å²) < 4.78 is 7.34. The van der Waals surface area contributed by atoms with Crippen LogP contribution in [0.4, 0.5) is 0 Å². The van der Waals surface area contributed by atoms with Gasteiger partial charge in [-0.05, 0) is 33.6 Å². The Morgan fingerprint density at radius 2 is 2.00 bits per heavy atom. The van der Waals surface area contributed by atoms with Gasteiger partial charge in [-0.2, -0.15) is 0 Å². The van der Waals surface area contributed by atoms with Gasteiger partial charge in [-0.3, -0.25) is 4.90 Å². The number of piperidine rings is 1. The predicted molar refractivity (Wildman–Crippen MR) is 70.3 cm³/mol. The second-order valence-electron chi connectivity index (χ2n) is 5.98. The highest BCUT2D eigenvalue weighted by Gasteiger charge is 2.28. The summed E-state index contributed by atoms with van der Waals surface area (Å²) in [5.74, 6) is 0.937. The molecular formula is C13H24N4O. The number of hydrogen-bond acceptors (Lipinski definition) is 4. The molecule has 1 aliphatic heterocycles. The van der Waals surface area contributed by atoms with E-state index in [1.54, 1.807) is 7.11 Å². The molecule has 1 fully saturated rings. The number of methoxy groups -OCH3 is 1. The Kier molecular flexibility index (Phi) is 4.02. The highest BCUT2D eigenvalue weighted by molar-refractivity contribution is 4.91. The molecule has 0 amide bonds. The van der Waals surface area contributed by atoms with E-state index in [0.717, 1.165) is 31.8 Å². The van der Waals surface area contributed by atoms with Crippen molar-refractivity contribution < 1.29 is 4.74 Å². The maximum Gasteiger partial charge on any atom is 0.159 e. The zero-order valence-corrected chi connectivity index (χ0v) is 11.9. The van der Waals surface area contributed by atoms with Crippen LogP contribution in [0.25, 0.3) is 0 Å². The van der Waals surface area contributed by atoms with Gasteiger partial charge in [0.25, 0.3) is 0 Å². The first-order valence-electron chi connectivity index (χ1n) is 6.64. The van der Waals surface area contributed by atoms with E-state index >= 15 is 0 Å². The van der Waals surface area contributed by atoms with E-state index < -0.39 is 0 Å². The molecule has 1 aromatic heterocycles. The van der Waals surface area contributed by atoms with Crippen LogP contribution in [0.1, 0.15) is 45.5 Å². The van der Waals surface area contributed by atoms with Crippen molar-refractivity contribution in [3.8, 4) is 0 Å². The summed E-state index contributed by atoms with van der Waals surface area (Å²) in [7, 11) is 1.70. The molecule has 5 nitrogen and oxygen atoms in total. The van der Waals surface area contributed by atoms with E-state index in [4.69, 9.17) is 4.74 Å². The van der Waals surface area contributed by atoms with E-state index in [1.807, 2.05) is 6.33 Å². The monoisotopic (exact) mass is 252 g/mol. The number of nitrogens with zero attached hydrogens (tertiary/aromatic N) is 4. The van der Waals surface area contributed by atoms with Crippen LogP contribution in [-0.4, -0.2) is 45.4 Å². The zero-order chi connectivity index (χ0) is 13.2. The summed E-state index contributed by atoms with van der Waals surface area (Å²) in [6.45, 7) is 9.66. The van der Waals surface area contributed by atoms with Gasteiger partial charge < -0.3 is 9.30 Å². The Labute approximate surface area is 109 Å². The third-order valence-corrected chi connectivity index (χ3v) is 3.73. The maximum atomic E-state index is 5.16. The average molecular weight is 252 g/mol. The Hall–Kier alpha value is -0.940. The molecule has 18 heavy (non-hydrogen) atoms. The largest absolute Gasteiger partial charge is 0.377 e. The summed E-state index contributed by atoms with van der Waals surface area (Å²) in [5, 5.41) is 8.13. The summed E-state index contributed by atoms with van der Waals surface area (Å²) in [6.07, 6.45) is 4.16. The van der Waals surface area contributed by atoms with Gasteiger partial charge in [-0.1, -0.05) is 0 Å². The molecule has 0 bridgehead atoms. The second kappa shape index (κ2) is 5.36. The van der Waals surface area contributed by atoms with Crippen LogP contribution in [-0.2, 0) is 11.3 Å². The first-order chi connectivity index (χ1) is 8.52. The first kappa shape index (κ1) is 13.5. The van der Waals surface area contributed by atoms with Gasteiger partial charge in [-0.15, -0.1) is 10.2 Å². The van der Waals surface area contributed by atoms with Gasteiger partial charge in [0.2, 0.25) is 0 Å². The average Bonchev–Trinajstić information content (AvgIpc) is 2.77. The molecule has 1 saturated heterocycles. The molecule has 0 radical (unpaired) electrons. The minimum absolute atomic E-state index is 0.271. The van der Waals surface area contributed by atoms with Crippen LogP contribution < -0.4 is 0 Å². The highest BCUT2D eigenvalue weighted by Crippen LogP contribution is 2.27. The lowest BCUT2D eigenvalue weighted by Gasteiger charge is -2.41. The molecule has 0 atom stereocenters. The second-order valence-corrected chi connectivity index (χ2v) is 5.98. The van der Waals surface area contributed by atoms with Gasteiger partial charge in [0.05, 0.1) is 0 Å². The van der Waals surface area contributed by atoms with Gasteiger partial charge >= 0.3 is 0 Å². The summed E-state index contributed by atoms with van der Waals surface area (Å²) in [5.41, 5.74) is 0.271. The van der Waals surface area contributed by atoms with Gasteiger partial charge in [0, 0.05) is 31.8 Å².